The standard InChI is InChI=1S/C17H13N2O3.Y/c20-16(21)10-19-11-18-15-7-6-13(9-14(15)17(19)22)8-12-4-2-1-3-5-12;/h1-7,9-11H,8H2,(H,20,21);/q-1;. The molecule has 0 fully saturated rings. The molecule has 0 saturated carbocycles. The Kier molecular flexibility index (Phi) is 5.69. The van der Waals surface area contributed by atoms with Crippen molar-refractivity contribution in [2.24, 2.45) is 0 Å². The van der Waals surface area contributed by atoms with Crippen LogP contribution in [-0.4, -0.2) is 20.6 Å². The molecule has 1 aromatic heterocycles. The number of carboxylic acids is 1. The monoisotopic (exact) mass is 382 g/mol. The molecular formula is C17H13N2O3Y-. The van der Waals surface area contributed by atoms with Crippen molar-refractivity contribution in [3.8, 4) is 0 Å². The molecule has 0 aliphatic carbocycles. The van der Waals surface area contributed by atoms with Gasteiger partial charge in [0.1, 0.15) is 0 Å². The van der Waals surface area contributed by atoms with E-state index in [0.29, 0.717) is 17.3 Å². The van der Waals surface area contributed by atoms with Crippen molar-refractivity contribution in [2.45, 2.75) is 6.42 Å². The predicted octanol–water partition coefficient (Wildman–Crippen LogP) is 2.08. The molecule has 1 radical (unpaired) electrons. The maximum atomic E-state index is 12.3. The number of carbonyl (C=O) groups is 1. The molecule has 3 aromatic rings. The molecule has 0 spiro atoms. The molecule has 2 aromatic carbocycles. The number of hydrogen-bond donors (Lipinski definition) is 1. The average molecular weight is 382 g/mol. The molecule has 0 bridgehead atoms. The Balaban J connectivity index is 0.00000192. The minimum Gasteiger partial charge on any atom is -0.486 e. The van der Waals surface area contributed by atoms with E-state index in [2.05, 4.69) is 4.98 Å². The van der Waals surface area contributed by atoms with Crippen LogP contribution in [0.3, 0.4) is 0 Å². The number of fused-ring (bicyclic) bond motifs is 1. The number of aliphatic carboxylic acids is 1. The maximum absolute atomic E-state index is 12.3. The fraction of sp³-hybridized carbons (Fsp3) is 0.0588. The molecule has 5 nitrogen and oxygen atoms in total. The number of rotatable bonds is 4. The van der Waals surface area contributed by atoms with Gasteiger partial charge in [-0.3, -0.25) is 4.79 Å². The SMILES string of the molecule is O=C(O)[CH-]n1cnc2ccc(Cc3ccccc3)cc2c1=O.[Y]. The second-order valence-corrected chi connectivity index (χ2v) is 4.94. The second kappa shape index (κ2) is 7.53. The van der Waals surface area contributed by atoms with Crippen LogP contribution in [-0.2, 0) is 43.9 Å². The summed E-state index contributed by atoms with van der Waals surface area (Å²) in [6, 6.07) is 15.4. The van der Waals surface area contributed by atoms with E-state index in [0.717, 1.165) is 22.2 Å². The Morgan fingerprint density at radius 3 is 2.57 bits per heavy atom. The minimum atomic E-state index is -1.19. The van der Waals surface area contributed by atoms with Crippen molar-refractivity contribution in [1.82, 2.24) is 9.55 Å². The minimum absolute atomic E-state index is 0. The van der Waals surface area contributed by atoms with Crippen molar-refractivity contribution in [3.05, 3.63) is 82.9 Å². The topological polar surface area (TPSA) is 72.2 Å². The summed E-state index contributed by atoms with van der Waals surface area (Å²) in [6.45, 7) is 0.804. The van der Waals surface area contributed by atoms with Gasteiger partial charge < -0.3 is 19.5 Å². The molecule has 0 atom stereocenters. The van der Waals surface area contributed by atoms with Crippen molar-refractivity contribution in [1.29, 1.82) is 0 Å². The first-order valence-electron chi connectivity index (χ1n) is 6.75. The van der Waals surface area contributed by atoms with Gasteiger partial charge in [0.25, 0.3) is 5.97 Å². The summed E-state index contributed by atoms with van der Waals surface area (Å²) in [4.78, 5) is 27.1. The van der Waals surface area contributed by atoms with E-state index >= 15 is 0 Å². The molecule has 0 unspecified atom stereocenters. The Labute approximate surface area is 157 Å². The Morgan fingerprint density at radius 2 is 1.87 bits per heavy atom. The van der Waals surface area contributed by atoms with Gasteiger partial charge in [-0.15, -0.1) is 0 Å². The number of hydrogen-bond acceptors (Lipinski definition) is 3. The van der Waals surface area contributed by atoms with Gasteiger partial charge in [0.05, 0.1) is 5.52 Å². The third kappa shape index (κ3) is 4.06. The zero-order valence-electron chi connectivity index (χ0n) is 12.2. The number of aromatic nitrogens is 2. The van der Waals surface area contributed by atoms with Crippen LogP contribution in [0.15, 0.2) is 59.7 Å². The molecule has 1 heterocycles. The second-order valence-electron chi connectivity index (χ2n) is 4.94. The van der Waals surface area contributed by atoms with Gasteiger partial charge in [-0.25, -0.2) is 0 Å². The molecule has 3 rings (SSSR count). The predicted molar refractivity (Wildman–Crippen MR) is 82.6 cm³/mol. The van der Waals surface area contributed by atoms with Crippen LogP contribution in [0.2, 0.25) is 0 Å². The van der Waals surface area contributed by atoms with E-state index in [1.54, 1.807) is 12.1 Å². The fourth-order valence-corrected chi connectivity index (χ4v) is 2.34. The maximum Gasteiger partial charge on any atom is 0.288 e. The van der Waals surface area contributed by atoms with Crippen molar-refractivity contribution in [3.63, 3.8) is 0 Å². The summed E-state index contributed by atoms with van der Waals surface area (Å²) in [7, 11) is 0. The van der Waals surface area contributed by atoms with Crippen LogP contribution >= 0.6 is 0 Å². The molecule has 0 amide bonds. The summed E-state index contributed by atoms with van der Waals surface area (Å²) in [5.74, 6) is -1.19. The number of nitrogens with zero attached hydrogens (tertiary/aromatic N) is 2. The van der Waals surface area contributed by atoms with Gasteiger partial charge in [-0.05, 0) is 36.5 Å². The summed E-state index contributed by atoms with van der Waals surface area (Å²) >= 11 is 0. The molecule has 6 heteroatoms. The normalized spacial score (nSPS) is 10.1. The van der Waals surface area contributed by atoms with Crippen LogP contribution in [0.1, 0.15) is 11.1 Å². The van der Waals surface area contributed by atoms with E-state index < -0.39 is 5.97 Å². The molecule has 0 aliphatic rings. The van der Waals surface area contributed by atoms with Crippen molar-refractivity contribution >= 4 is 16.9 Å². The number of benzene rings is 2. The first-order chi connectivity index (χ1) is 10.6. The Hall–Kier alpha value is -1.98. The number of carboxylic acid groups (broad SMARTS) is 1. The van der Waals surface area contributed by atoms with Crippen LogP contribution in [0.25, 0.3) is 10.9 Å². The van der Waals surface area contributed by atoms with Gasteiger partial charge >= 0.3 is 0 Å². The Morgan fingerprint density at radius 1 is 1.13 bits per heavy atom. The average Bonchev–Trinajstić information content (AvgIpc) is 2.51. The zero-order valence-corrected chi connectivity index (χ0v) is 15.1. The fourth-order valence-electron chi connectivity index (χ4n) is 2.34. The molecule has 0 aliphatic heterocycles. The van der Waals surface area contributed by atoms with Crippen LogP contribution in [0.5, 0.6) is 0 Å². The van der Waals surface area contributed by atoms with E-state index in [-0.39, 0.29) is 38.3 Å². The first kappa shape index (κ1) is 17.4. The van der Waals surface area contributed by atoms with Gasteiger partial charge in [0, 0.05) is 38.1 Å². The van der Waals surface area contributed by atoms with Crippen LogP contribution in [0, 0.1) is 6.54 Å². The van der Waals surface area contributed by atoms with Crippen molar-refractivity contribution < 1.29 is 42.6 Å². The third-order valence-corrected chi connectivity index (χ3v) is 3.35. The molecule has 23 heavy (non-hydrogen) atoms. The van der Waals surface area contributed by atoms with Gasteiger partial charge in [-0.2, -0.15) is 0 Å². The molecule has 1 N–H and O–H groups in total. The third-order valence-electron chi connectivity index (χ3n) is 3.35. The van der Waals surface area contributed by atoms with Gasteiger partial charge in [0.15, 0.2) is 5.56 Å². The van der Waals surface area contributed by atoms with E-state index in [9.17, 15) is 9.59 Å². The van der Waals surface area contributed by atoms with E-state index in [1.807, 2.05) is 36.4 Å². The first-order valence-corrected chi connectivity index (χ1v) is 6.75. The van der Waals surface area contributed by atoms with Crippen LogP contribution < -0.4 is 5.56 Å². The zero-order chi connectivity index (χ0) is 15.5. The molecule has 113 valence electrons. The summed E-state index contributed by atoms with van der Waals surface area (Å²) < 4.78 is 0.983. The largest absolute Gasteiger partial charge is 0.486 e. The van der Waals surface area contributed by atoms with E-state index in [4.69, 9.17) is 5.11 Å². The summed E-state index contributed by atoms with van der Waals surface area (Å²) in [6.07, 6.45) is 1.92. The summed E-state index contributed by atoms with van der Waals surface area (Å²) in [5.41, 5.74) is 2.29. The van der Waals surface area contributed by atoms with Crippen molar-refractivity contribution in [2.75, 3.05) is 0 Å². The molecular weight excluding hydrogens is 369 g/mol. The summed E-state index contributed by atoms with van der Waals surface area (Å²) in [5, 5.41) is 9.18. The quantitative estimate of drug-likeness (QED) is 0.702. The smallest absolute Gasteiger partial charge is 0.288 e. The van der Waals surface area contributed by atoms with E-state index in [1.165, 1.54) is 6.33 Å². The van der Waals surface area contributed by atoms with Crippen LogP contribution in [0.4, 0.5) is 0 Å². The van der Waals surface area contributed by atoms with Gasteiger partial charge in [0.2, 0.25) is 0 Å². The Bertz CT molecular complexity index is 891. The molecule has 0 saturated heterocycles. The van der Waals surface area contributed by atoms with Gasteiger partial charge in [-0.1, -0.05) is 42.5 Å².